The molecule has 0 unspecified atom stereocenters. The van der Waals surface area contributed by atoms with Gasteiger partial charge < -0.3 is 24.4 Å². The topological polar surface area (TPSA) is 60.0 Å². The highest BCUT2D eigenvalue weighted by Crippen LogP contribution is 2.36. The Morgan fingerprint density at radius 2 is 1.92 bits per heavy atom. The number of carbonyl (C=O) groups is 1. The molecular weight excluding hydrogens is 332 g/mol. The summed E-state index contributed by atoms with van der Waals surface area (Å²) < 4.78 is 16.2. The zero-order valence-electron chi connectivity index (χ0n) is 15.3. The molecule has 2 aromatic carbocycles. The number of hydrogen-bond donors (Lipinski definition) is 1. The number of nitrogens with zero attached hydrogens (tertiary/aromatic N) is 1. The molecule has 26 heavy (non-hydrogen) atoms. The lowest BCUT2D eigenvalue weighted by molar-refractivity contribution is 0.0609. The molecule has 0 saturated heterocycles. The SMILES string of the molecule is CCOc1ccc([C@@H]2Nc3ccccc3C(=O)N2CCOC)cc1OC. The highest BCUT2D eigenvalue weighted by atomic mass is 16.5. The Bertz CT molecular complexity index is 778. The average molecular weight is 356 g/mol. The smallest absolute Gasteiger partial charge is 0.257 e. The minimum atomic E-state index is -0.308. The van der Waals surface area contributed by atoms with Crippen LogP contribution in [0.15, 0.2) is 42.5 Å². The third-order valence-corrected chi connectivity index (χ3v) is 4.36. The molecule has 0 saturated carbocycles. The minimum absolute atomic E-state index is 0.0192. The van der Waals surface area contributed by atoms with E-state index >= 15 is 0 Å². The van der Waals surface area contributed by atoms with Crippen molar-refractivity contribution in [1.29, 1.82) is 0 Å². The summed E-state index contributed by atoms with van der Waals surface area (Å²) in [6.45, 7) is 3.43. The summed E-state index contributed by atoms with van der Waals surface area (Å²) in [7, 11) is 3.24. The summed E-state index contributed by atoms with van der Waals surface area (Å²) in [4.78, 5) is 14.8. The van der Waals surface area contributed by atoms with E-state index in [2.05, 4.69) is 5.32 Å². The van der Waals surface area contributed by atoms with Gasteiger partial charge in [0.1, 0.15) is 6.17 Å². The predicted octanol–water partition coefficient (Wildman–Crippen LogP) is 3.31. The van der Waals surface area contributed by atoms with Gasteiger partial charge in [0.2, 0.25) is 0 Å². The molecule has 0 radical (unpaired) electrons. The van der Waals surface area contributed by atoms with Crippen molar-refractivity contribution in [2.24, 2.45) is 0 Å². The quantitative estimate of drug-likeness (QED) is 0.825. The third kappa shape index (κ3) is 3.46. The maximum atomic E-state index is 13.0. The molecule has 1 N–H and O–H groups in total. The second-order valence-electron chi connectivity index (χ2n) is 5.93. The molecule has 6 heteroatoms. The number of benzene rings is 2. The molecule has 1 heterocycles. The van der Waals surface area contributed by atoms with Crippen LogP contribution in [0.25, 0.3) is 0 Å². The zero-order valence-corrected chi connectivity index (χ0v) is 15.3. The fourth-order valence-electron chi connectivity index (χ4n) is 3.11. The molecule has 1 atom stereocenters. The van der Waals surface area contributed by atoms with Crippen molar-refractivity contribution >= 4 is 11.6 Å². The van der Waals surface area contributed by atoms with Gasteiger partial charge in [-0.25, -0.2) is 0 Å². The van der Waals surface area contributed by atoms with Crippen molar-refractivity contribution in [3.05, 3.63) is 53.6 Å². The van der Waals surface area contributed by atoms with Crippen LogP contribution < -0.4 is 14.8 Å². The van der Waals surface area contributed by atoms with Gasteiger partial charge in [-0.15, -0.1) is 0 Å². The van der Waals surface area contributed by atoms with Gasteiger partial charge >= 0.3 is 0 Å². The fourth-order valence-corrected chi connectivity index (χ4v) is 3.11. The van der Waals surface area contributed by atoms with Gasteiger partial charge in [-0.1, -0.05) is 18.2 Å². The lowest BCUT2D eigenvalue weighted by Crippen LogP contribution is -2.44. The second kappa shape index (κ2) is 8.10. The molecule has 1 aliphatic rings. The Morgan fingerprint density at radius 3 is 2.65 bits per heavy atom. The fraction of sp³-hybridized carbons (Fsp3) is 0.350. The van der Waals surface area contributed by atoms with Crippen molar-refractivity contribution in [2.75, 3.05) is 39.3 Å². The first-order valence-electron chi connectivity index (χ1n) is 8.65. The van der Waals surface area contributed by atoms with Crippen LogP contribution in [-0.2, 0) is 4.74 Å². The third-order valence-electron chi connectivity index (χ3n) is 4.36. The number of fused-ring (bicyclic) bond motifs is 1. The van der Waals surface area contributed by atoms with Gasteiger partial charge in [0.15, 0.2) is 11.5 Å². The Labute approximate surface area is 153 Å². The Hall–Kier alpha value is -2.73. The van der Waals surface area contributed by atoms with Crippen LogP contribution in [0.5, 0.6) is 11.5 Å². The van der Waals surface area contributed by atoms with Gasteiger partial charge in [-0.2, -0.15) is 0 Å². The van der Waals surface area contributed by atoms with Gasteiger partial charge in [-0.05, 0) is 36.8 Å². The summed E-state index contributed by atoms with van der Waals surface area (Å²) in [6, 6.07) is 13.3. The van der Waals surface area contributed by atoms with Crippen molar-refractivity contribution in [3.8, 4) is 11.5 Å². The summed E-state index contributed by atoms with van der Waals surface area (Å²) in [5, 5.41) is 3.46. The molecule has 1 amide bonds. The van der Waals surface area contributed by atoms with E-state index in [-0.39, 0.29) is 12.1 Å². The van der Waals surface area contributed by atoms with Crippen LogP contribution in [0.1, 0.15) is 29.0 Å². The van der Waals surface area contributed by atoms with Crippen molar-refractivity contribution in [2.45, 2.75) is 13.1 Å². The maximum absolute atomic E-state index is 13.0. The lowest BCUT2D eigenvalue weighted by atomic mass is 10.0. The van der Waals surface area contributed by atoms with E-state index < -0.39 is 0 Å². The Kier molecular flexibility index (Phi) is 5.63. The first kappa shape index (κ1) is 18.1. The number of hydrogen-bond acceptors (Lipinski definition) is 5. The number of nitrogens with one attached hydrogen (secondary N) is 1. The number of para-hydroxylation sites is 1. The molecule has 0 fully saturated rings. The van der Waals surface area contributed by atoms with Gasteiger partial charge in [-0.3, -0.25) is 4.79 Å². The predicted molar refractivity (Wildman–Crippen MR) is 99.9 cm³/mol. The van der Waals surface area contributed by atoms with Crippen LogP contribution >= 0.6 is 0 Å². The first-order valence-corrected chi connectivity index (χ1v) is 8.65. The Balaban J connectivity index is 1.99. The standard InChI is InChI=1S/C20H24N2O4/c1-4-26-17-10-9-14(13-18(17)25-3)19-21-16-8-6-5-7-15(16)20(23)22(19)11-12-24-2/h5-10,13,19,21H,4,11-12H2,1-3H3/t19-/m1/s1. The molecule has 3 rings (SSSR count). The molecule has 0 bridgehead atoms. The van der Waals surface area contributed by atoms with E-state index in [1.54, 1.807) is 19.1 Å². The number of methoxy groups -OCH3 is 2. The zero-order chi connectivity index (χ0) is 18.5. The van der Waals surface area contributed by atoms with Crippen LogP contribution in [0.4, 0.5) is 5.69 Å². The normalized spacial score (nSPS) is 16.0. The van der Waals surface area contributed by atoms with Gasteiger partial charge in [0.25, 0.3) is 5.91 Å². The molecule has 1 aliphatic heterocycles. The average Bonchev–Trinajstić information content (AvgIpc) is 2.68. The monoisotopic (exact) mass is 356 g/mol. The van der Waals surface area contributed by atoms with E-state index in [4.69, 9.17) is 14.2 Å². The van der Waals surface area contributed by atoms with Crippen LogP contribution in [-0.4, -0.2) is 44.8 Å². The van der Waals surface area contributed by atoms with Crippen LogP contribution in [0.3, 0.4) is 0 Å². The molecule has 138 valence electrons. The molecule has 6 nitrogen and oxygen atoms in total. The molecule has 2 aromatic rings. The number of amides is 1. The molecule has 0 spiro atoms. The highest BCUT2D eigenvalue weighted by molar-refractivity contribution is 6.01. The van der Waals surface area contributed by atoms with E-state index in [1.165, 1.54) is 0 Å². The largest absolute Gasteiger partial charge is 0.493 e. The van der Waals surface area contributed by atoms with E-state index in [0.29, 0.717) is 36.8 Å². The summed E-state index contributed by atoms with van der Waals surface area (Å²) >= 11 is 0. The number of rotatable bonds is 7. The van der Waals surface area contributed by atoms with Crippen molar-refractivity contribution in [3.63, 3.8) is 0 Å². The lowest BCUT2D eigenvalue weighted by Gasteiger charge is -2.38. The van der Waals surface area contributed by atoms with E-state index in [0.717, 1.165) is 11.3 Å². The van der Waals surface area contributed by atoms with E-state index in [9.17, 15) is 4.79 Å². The van der Waals surface area contributed by atoms with Gasteiger partial charge in [0.05, 0.1) is 25.9 Å². The van der Waals surface area contributed by atoms with Crippen LogP contribution in [0.2, 0.25) is 0 Å². The maximum Gasteiger partial charge on any atom is 0.257 e. The van der Waals surface area contributed by atoms with Gasteiger partial charge in [0, 0.05) is 19.3 Å². The summed E-state index contributed by atoms with van der Waals surface area (Å²) in [6.07, 6.45) is -0.308. The number of carbonyl (C=O) groups excluding carboxylic acids is 1. The van der Waals surface area contributed by atoms with Crippen molar-refractivity contribution < 1.29 is 19.0 Å². The number of ether oxygens (including phenoxy) is 3. The minimum Gasteiger partial charge on any atom is -0.493 e. The number of anilines is 1. The Morgan fingerprint density at radius 1 is 1.12 bits per heavy atom. The summed E-state index contributed by atoms with van der Waals surface area (Å²) in [5.74, 6) is 1.31. The molecule has 0 aromatic heterocycles. The summed E-state index contributed by atoms with van der Waals surface area (Å²) in [5.41, 5.74) is 2.41. The first-order chi connectivity index (χ1) is 12.7. The van der Waals surface area contributed by atoms with E-state index in [1.807, 2.05) is 49.4 Å². The molecular formula is C20H24N2O4. The highest BCUT2D eigenvalue weighted by Gasteiger charge is 2.32. The van der Waals surface area contributed by atoms with Crippen molar-refractivity contribution in [1.82, 2.24) is 4.90 Å². The molecule has 0 aliphatic carbocycles. The second-order valence-corrected chi connectivity index (χ2v) is 5.93. The van der Waals surface area contributed by atoms with Crippen LogP contribution in [0, 0.1) is 0 Å².